The zero-order chi connectivity index (χ0) is 15.3. The number of hydrogen-bond acceptors (Lipinski definition) is 2. The Bertz CT molecular complexity index is 415. The van der Waals surface area contributed by atoms with Crippen LogP contribution < -0.4 is 10.6 Å². The van der Waals surface area contributed by atoms with Crippen LogP contribution in [-0.4, -0.2) is 24.0 Å². The topological polar surface area (TPSA) is 41.1 Å². The number of carbonyl (C=O) groups excluding carboxylic acids is 1. The van der Waals surface area contributed by atoms with Gasteiger partial charge in [-0.2, -0.15) is 0 Å². The summed E-state index contributed by atoms with van der Waals surface area (Å²) in [5.74, 6) is 1.04. The second-order valence-corrected chi connectivity index (χ2v) is 9.14. The summed E-state index contributed by atoms with van der Waals surface area (Å²) in [5.41, 5.74) is 1.25. The summed E-state index contributed by atoms with van der Waals surface area (Å²) in [5, 5.41) is 6.77. The Balaban J connectivity index is 1.64. The van der Waals surface area contributed by atoms with E-state index in [-0.39, 0.29) is 17.5 Å². The smallest absolute Gasteiger partial charge is 0.234 e. The molecule has 120 valence electrons. The van der Waals surface area contributed by atoms with Gasteiger partial charge in [0.2, 0.25) is 5.91 Å². The predicted octanol–water partition coefficient (Wildman–Crippen LogP) is 3.24. The fraction of sp³-hybridized carbons (Fsp3) is 0.944. The van der Waals surface area contributed by atoms with Crippen molar-refractivity contribution in [1.29, 1.82) is 0 Å². The van der Waals surface area contributed by atoms with E-state index in [2.05, 4.69) is 38.3 Å². The first-order chi connectivity index (χ1) is 9.76. The van der Waals surface area contributed by atoms with Crippen LogP contribution in [0.2, 0.25) is 0 Å². The van der Waals surface area contributed by atoms with E-state index in [1.807, 2.05) is 0 Å². The quantitative estimate of drug-likeness (QED) is 0.817. The van der Waals surface area contributed by atoms with E-state index in [0.29, 0.717) is 17.4 Å². The van der Waals surface area contributed by atoms with Gasteiger partial charge in [0.1, 0.15) is 0 Å². The van der Waals surface area contributed by atoms with Crippen molar-refractivity contribution in [2.45, 2.75) is 84.2 Å². The van der Waals surface area contributed by atoms with Gasteiger partial charge in [-0.15, -0.1) is 0 Å². The predicted molar refractivity (Wildman–Crippen MR) is 86.0 cm³/mol. The van der Waals surface area contributed by atoms with Crippen LogP contribution in [0.3, 0.4) is 0 Å². The summed E-state index contributed by atoms with van der Waals surface area (Å²) in [6.07, 6.45) is 9.02. The molecule has 0 aromatic heterocycles. The third-order valence-corrected chi connectivity index (χ3v) is 6.27. The molecule has 2 N–H and O–H groups in total. The van der Waals surface area contributed by atoms with Gasteiger partial charge in [-0.1, -0.05) is 20.8 Å². The molecule has 0 aromatic carbocycles. The van der Waals surface area contributed by atoms with Crippen molar-refractivity contribution < 1.29 is 4.79 Å². The molecular weight excluding hydrogens is 260 g/mol. The highest BCUT2D eigenvalue weighted by Gasteiger charge is 2.59. The Kier molecular flexibility index (Phi) is 3.63. The number of carbonyl (C=O) groups is 1. The average Bonchev–Trinajstić information content (AvgIpc) is 2.32. The van der Waals surface area contributed by atoms with Gasteiger partial charge in [0.05, 0.1) is 6.54 Å². The van der Waals surface area contributed by atoms with Crippen LogP contribution in [0.15, 0.2) is 0 Å². The van der Waals surface area contributed by atoms with E-state index in [1.165, 1.54) is 38.5 Å². The first-order valence-electron chi connectivity index (χ1n) is 8.80. The fourth-order valence-electron chi connectivity index (χ4n) is 6.34. The molecule has 3 unspecified atom stereocenters. The van der Waals surface area contributed by atoms with Crippen LogP contribution in [-0.2, 0) is 4.79 Å². The van der Waals surface area contributed by atoms with Gasteiger partial charge < -0.3 is 10.6 Å². The SMILES string of the molecule is CCC(C)NC(=O)CNC12CC3CC(C)(CC(C)(C3)C1)C2. The van der Waals surface area contributed by atoms with Gasteiger partial charge >= 0.3 is 0 Å². The molecule has 0 saturated heterocycles. The molecule has 1 amide bonds. The minimum atomic E-state index is 0.162. The van der Waals surface area contributed by atoms with Crippen molar-refractivity contribution in [2.24, 2.45) is 16.7 Å². The van der Waals surface area contributed by atoms with Gasteiger partial charge in [-0.25, -0.2) is 0 Å². The number of amides is 1. The molecule has 4 aliphatic carbocycles. The zero-order valence-corrected chi connectivity index (χ0v) is 14.2. The highest BCUT2D eigenvalue weighted by Crippen LogP contribution is 2.66. The van der Waals surface area contributed by atoms with Crippen molar-refractivity contribution in [3.8, 4) is 0 Å². The van der Waals surface area contributed by atoms with Crippen molar-refractivity contribution in [3.63, 3.8) is 0 Å². The summed E-state index contributed by atoms with van der Waals surface area (Å²) >= 11 is 0. The van der Waals surface area contributed by atoms with E-state index < -0.39 is 0 Å². The summed E-state index contributed by atoms with van der Waals surface area (Å²) in [6, 6.07) is 0.283. The zero-order valence-electron chi connectivity index (χ0n) is 14.2. The second-order valence-electron chi connectivity index (χ2n) is 9.14. The lowest BCUT2D eigenvalue weighted by molar-refractivity contribution is -0.129. The van der Waals surface area contributed by atoms with Crippen LogP contribution in [0.5, 0.6) is 0 Å². The van der Waals surface area contributed by atoms with Crippen LogP contribution in [0, 0.1) is 16.7 Å². The minimum Gasteiger partial charge on any atom is -0.353 e. The largest absolute Gasteiger partial charge is 0.353 e. The van der Waals surface area contributed by atoms with Crippen LogP contribution in [0.1, 0.15) is 72.6 Å². The third-order valence-electron chi connectivity index (χ3n) is 6.27. The Hall–Kier alpha value is -0.570. The molecule has 0 aromatic rings. The molecule has 4 aliphatic rings. The lowest BCUT2D eigenvalue weighted by Crippen LogP contribution is -2.65. The first-order valence-corrected chi connectivity index (χ1v) is 8.80. The molecule has 4 bridgehead atoms. The molecule has 4 saturated carbocycles. The third kappa shape index (κ3) is 2.99. The standard InChI is InChI=1S/C18H32N2O/c1-5-13(2)20-15(21)9-19-18-8-14-6-16(3,11-18)10-17(4,7-14)12-18/h13-14,19H,5-12H2,1-4H3,(H,20,21). The highest BCUT2D eigenvalue weighted by atomic mass is 16.2. The van der Waals surface area contributed by atoms with Crippen LogP contribution in [0.4, 0.5) is 0 Å². The van der Waals surface area contributed by atoms with Crippen molar-refractivity contribution in [3.05, 3.63) is 0 Å². The minimum absolute atomic E-state index is 0.162. The molecule has 3 atom stereocenters. The Labute approximate surface area is 129 Å². The molecule has 0 spiro atoms. The monoisotopic (exact) mass is 292 g/mol. The fourth-order valence-corrected chi connectivity index (χ4v) is 6.34. The second kappa shape index (κ2) is 4.97. The molecule has 3 nitrogen and oxygen atoms in total. The summed E-state index contributed by atoms with van der Waals surface area (Å²) in [4.78, 5) is 12.1. The molecule has 0 radical (unpaired) electrons. The molecule has 4 rings (SSSR count). The van der Waals surface area contributed by atoms with E-state index in [0.717, 1.165) is 12.3 Å². The number of hydrogen-bond donors (Lipinski definition) is 2. The maximum atomic E-state index is 12.1. The van der Waals surface area contributed by atoms with E-state index in [9.17, 15) is 4.79 Å². The Morgan fingerprint density at radius 3 is 2.29 bits per heavy atom. The lowest BCUT2D eigenvalue weighted by Gasteiger charge is -2.65. The molecule has 3 heteroatoms. The number of rotatable bonds is 5. The van der Waals surface area contributed by atoms with Crippen molar-refractivity contribution in [1.82, 2.24) is 10.6 Å². The van der Waals surface area contributed by atoms with Crippen LogP contribution >= 0.6 is 0 Å². The Morgan fingerprint density at radius 2 is 1.76 bits per heavy atom. The Morgan fingerprint density at radius 1 is 1.14 bits per heavy atom. The molecular formula is C18H32N2O. The highest BCUT2D eigenvalue weighted by molar-refractivity contribution is 5.78. The molecule has 0 aliphatic heterocycles. The normalized spacial score (nSPS) is 45.6. The maximum absolute atomic E-state index is 12.1. The molecule has 21 heavy (non-hydrogen) atoms. The van der Waals surface area contributed by atoms with E-state index in [4.69, 9.17) is 0 Å². The summed E-state index contributed by atoms with van der Waals surface area (Å²) in [6.45, 7) is 9.63. The first kappa shape index (κ1) is 15.3. The maximum Gasteiger partial charge on any atom is 0.234 e. The van der Waals surface area contributed by atoms with Gasteiger partial charge in [-0.3, -0.25) is 4.79 Å². The average molecular weight is 292 g/mol. The van der Waals surface area contributed by atoms with Crippen molar-refractivity contribution >= 4 is 5.91 Å². The van der Waals surface area contributed by atoms with Gasteiger partial charge in [0.15, 0.2) is 0 Å². The molecule has 4 fully saturated rings. The summed E-state index contributed by atoms with van der Waals surface area (Å²) in [7, 11) is 0. The van der Waals surface area contributed by atoms with E-state index in [1.54, 1.807) is 0 Å². The molecule has 0 heterocycles. The van der Waals surface area contributed by atoms with Gasteiger partial charge in [0.25, 0.3) is 0 Å². The van der Waals surface area contributed by atoms with Crippen LogP contribution in [0.25, 0.3) is 0 Å². The van der Waals surface area contributed by atoms with Crippen molar-refractivity contribution in [2.75, 3.05) is 6.54 Å². The lowest BCUT2D eigenvalue weighted by atomic mass is 9.43. The van der Waals surface area contributed by atoms with Gasteiger partial charge in [-0.05, 0) is 68.6 Å². The van der Waals surface area contributed by atoms with E-state index >= 15 is 0 Å². The number of nitrogens with one attached hydrogen (secondary N) is 2. The van der Waals surface area contributed by atoms with Gasteiger partial charge in [0, 0.05) is 11.6 Å². The summed E-state index contributed by atoms with van der Waals surface area (Å²) < 4.78 is 0.